The predicted molar refractivity (Wildman–Crippen MR) is 102 cm³/mol. The monoisotopic (exact) mass is 353 g/mol. The van der Waals surface area contributed by atoms with Gasteiger partial charge in [0, 0.05) is 5.56 Å². The highest BCUT2D eigenvalue weighted by molar-refractivity contribution is 6.74. The zero-order chi connectivity index (χ0) is 18.2. The van der Waals surface area contributed by atoms with Gasteiger partial charge in [0.05, 0.1) is 5.52 Å². The summed E-state index contributed by atoms with van der Waals surface area (Å²) in [7, 11) is -1.96. The molecule has 5 nitrogen and oxygen atoms in total. The molecule has 0 radical (unpaired) electrons. The molecule has 0 atom stereocenters. The van der Waals surface area contributed by atoms with E-state index in [4.69, 9.17) is 4.43 Å². The molecule has 0 fully saturated rings. The Hall–Kier alpha value is -2.47. The van der Waals surface area contributed by atoms with Crippen molar-refractivity contribution in [3.8, 4) is 5.75 Å². The third-order valence-electron chi connectivity index (χ3n) is 4.80. The Morgan fingerprint density at radius 3 is 2.52 bits per heavy atom. The van der Waals surface area contributed by atoms with Gasteiger partial charge in [0.25, 0.3) is 5.91 Å². The SMILES string of the molecule is CC(C)(C)[Si](C)(C)Oc1cccc(C(=O)n2nnc3ccccc32)c1. The highest BCUT2D eigenvalue weighted by Gasteiger charge is 2.39. The van der Waals surface area contributed by atoms with Gasteiger partial charge in [-0.2, -0.15) is 4.68 Å². The van der Waals surface area contributed by atoms with E-state index in [1.54, 1.807) is 12.1 Å². The number of carbonyl (C=O) groups is 1. The summed E-state index contributed by atoms with van der Waals surface area (Å²) >= 11 is 0. The summed E-state index contributed by atoms with van der Waals surface area (Å²) in [5, 5.41) is 8.14. The largest absolute Gasteiger partial charge is 0.543 e. The molecule has 0 aliphatic carbocycles. The average Bonchev–Trinajstić information content (AvgIpc) is 2.97. The maximum Gasteiger partial charge on any atom is 0.280 e. The summed E-state index contributed by atoms with van der Waals surface area (Å²) in [4.78, 5) is 12.9. The van der Waals surface area contributed by atoms with Crippen molar-refractivity contribution in [3.05, 3.63) is 54.1 Å². The molecule has 0 amide bonds. The molecule has 0 saturated heterocycles. The van der Waals surface area contributed by atoms with Crippen molar-refractivity contribution in [2.45, 2.75) is 38.9 Å². The molecule has 25 heavy (non-hydrogen) atoms. The first-order valence-electron chi connectivity index (χ1n) is 8.33. The third-order valence-corrected chi connectivity index (χ3v) is 9.16. The summed E-state index contributed by atoms with van der Waals surface area (Å²) in [5.41, 5.74) is 1.93. The van der Waals surface area contributed by atoms with Gasteiger partial charge in [0.2, 0.25) is 8.32 Å². The van der Waals surface area contributed by atoms with Crippen LogP contribution < -0.4 is 4.43 Å². The topological polar surface area (TPSA) is 57.0 Å². The number of aromatic nitrogens is 3. The molecule has 130 valence electrons. The fourth-order valence-electron chi connectivity index (χ4n) is 2.28. The maximum absolute atomic E-state index is 12.9. The number of rotatable bonds is 3. The highest BCUT2D eigenvalue weighted by Crippen LogP contribution is 2.37. The van der Waals surface area contributed by atoms with E-state index in [-0.39, 0.29) is 10.9 Å². The van der Waals surface area contributed by atoms with Gasteiger partial charge in [-0.15, -0.1) is 5.10 Å². The lowest BCUT2D eigenvalue weighted by Crippen LogP contribution is -2.43. The summed E-state index contributed by atoms with van der Waals surface area (Å²) in [5.74, 6) is 0.510. The van der Waals surface area contributed by atoms with Crippen molar-refractivity contribution in [2.24, 2.45) is 0 Å². The van der Waals surface area contributed by atoms with Crippen molar-refractivity contribution in [3.63, 3.8) is 0 Å². The van der Waals surface area contributed by atoms with Crippen LogP contribution in [-0.2, 0) is 0 Å². The van der Waals surface area contributed by atoms with Gasteiger partial charge in [-0.25, -0.2) is 0 Å². The van der Waals surface area contributed by atoms with E-state index in [2.05, 4.69) is 44.2 Å². The molecular weight excluding hydrogens is 330 g/mol. The van der Waals surface area contributed by atoms with Gasteiger partial charge in [-0.3, -0.25) is 4.79 Å². The fourth-order valence-corrected chi connectivity index (χ4v) is 3.30. The lowest BCUT2D eigenvalue weighted by Gasteiger charge is -2.36. The Morgan fingerprint density at radius 2 is 1.80 bits per heavy atom. The lowest BCUT2D eigenvalue weighted by molar-refractivity contribution is 0.0948. The minimum absolute atomic E-state index is 0.0924. The van der Waals surface area contributed by atoms with Crippen LogP contribution >= 0.6 is 0 Å². The molecule has 0 bridgehead atoms. The van der Waals surface area contributed by atoms with E-state index in [1.807, 2.05) is 36.4 Å². The van der Waals surface area contributed by atoms with Crippen LogP contribution in [0.25, 0.3) is 11.0 Å². The molecule has 1 heterocycles. The summed E-state index contributed by atoms with van der Waals surface area (Å²) < 4.78 is 7.64. The summed E-state index contributed by atoms with van der Waals surface area (Å²) in [6.45, 7) is 10.9. The van der Waals surface area contributed by atoms with Crippen molar-refractivity contribution in [1.82, 2.24) is 15.0 Å². The Kier molecular flexibility index (Phi) is 4.24. The van der Waals surface area contributed by atoms with Crippen molar-refractivity contribution >= 4 is 25.3 Å². The van der Waals surface area contributed by atoms with E-state index < -0.39 is 8.32 Å². The molecule has 1 aromatic heterocycles. The van der Waals surface area contributed by atoms with E-state index in [0.717, 1.165) is 5.75 Å². The molecule has 0 aliphatic rings. The minimum atomic E-state index is -1.96. The fraction of sp³-hybridized carbons (Fsp3) is 0.316. The zero-order valence-electron chi connectivity index (χ0n) is 15.3. The van der Waals surface area contributed by atoms with Gasteiger partial charge < -0.3 is 4.43 Å². The van der Waals surface area contributed by atoms with Gasteiger partial charge >= 0.3 is 0 Å². The molecule has 3 rings (SSSR count). The quantitative estimate of drug-likeness (QED) is 0.650. The average molecular weight is 353 g/mol. The summed E-state index contributed by atoms with van der Waals surface area (Å²) in [6.07, 6.45) is 0. The van der Waals surface area contributed by atoms with Crippen molar-refractivity contribution < 1.29 is 9.22 Å². The van der Waals surface area contributed by atoms with Gasteiger partial charge in [0.15, 0.2) is 0 Å². The predicted octanol–water partition coefficient (Wildman–Crippen LogP) is 4.50. The van der Waals surface area contributed by atoms with Crippen LogP contribution in [0, 0.1) is 0 Å². The standard InChI is InChI=1S/C19H23N3O2Si/c1-19(2,3)25(4,5)24-15-10-8-9-14(13-15)18(23)22-17-12-7-6-11-16(17)20-21-22/h6-13H,1-5H3. The smallest absolute Gasteiger partial charge is 0.280 e. The van der Waals surface area contributed by atoms with Crippen LogP contribution in [0.4, 0.5) is 0 Å². The zero-order valence-corrected chi connectivity index (χ0v) is 16.3. The second-order valence-electron chi connectivity index (χ2n) is 7.69. The van der Waals surface area contributed by atoms with Crippen molar-refractivity contribution in [2.75, 3.05) is 0 Å². The molecule has 0 aliphatic heterocycles. The van der Waals surface area contributed by atoms with Gasteiger partial charge in [-0.1, -0.05) is 44.2 Å². The van der Waals surface area contributed by atoms with Crippen LogP contribution in [0.15, 0.2) is 48.5 Å². The van der Waals surface area contributed by atoms with Crippen molar-refractivity contribution in [1.29, 1.82) is 0 Å². The normalized spacial score (nSPS) is 12.4. The number of nitrogens with zero attached hydrogens (tertiary/aromatic N) is 3. The number of hydrogen-bond donors (Lipinski definition) is 0. The highest BCUT2D eigenvalue weighted by atomic mass is 28.4. The van der Waals surface area contributed by atoms with E-state index in [1.165, 1.54) is 4.68 Å². The van der Waals surface area contributed by atoms with Crippen LogP contribution in [0.1, 0.15) is 31.1 Å². The molecule has 0 unspecified atom stereocenters. The van der Waals surface area contributed by atoms with Gasteiger partial charge in [-0.05, 0) is 48.5 Å². The van der Waals surface area contributed by atoms with Crippen LogP contribution in [0.5, 0.6) is 5.75 Å². The Morgan fingerprint density at radius 1 is 1.08 bits per heavy atom. The van der Waals surface area contributed by atoms with Gasteiger partial charge in [0.1, 0.15) is 11.3 Å². The minimum Gasteiger partial charge on any atom is -0.543 e. The molecule has 2 aromatic carbocycles. The van der Waals surface area contributed by atoms with Crippen LogP contribution in [-0.4, -0.2) is 29.2 Å². The molecule has 0 N–H and O–H groups in total. The lowest BCUT2D eigenvalue weighted by atomic mass is 10.2. The Labute approximate surface area is 148 Å². The molecule has 6 heteroatoms. The van der Waals surface area contributed by atoms with E-state index in [0.29, 0.717) is 16.6 Å². The number of carbonyl (C=O) groups excluding carboxylic acids is 1. The second-order valence-corrected chi connectivity index (χ2v) is 12.4. The maximum atomic E-state index is 12.9. The second kappa shape index (κ2) is 6.11. The molecule has 3 aromatic rings. The first-order valence-corrected chi connectivity index (χ1v) is 11.2. The van der Waals surface area contributed by atoms with E-state index in [9.17, 15) is 4.79 Å². The first kappa shape index (κ1) is 17.4. The number of benzene rings is 2. The molecule has 0 spiro atoms. The Balaban J connectivity index is 1.93. The Bertz CT molecular complexity index is 926. The summed E-state index contributed by atoms with van der Waals surface area (Å²) in [6, 6.07) is 14.7. The first-order chi connectivity index (χ1) is 11.7. The van der Waals surface area contributed by atoms with E-state index >= 15 is 0 Å². The van der Waals surface area contributed by atoms with Crippen LogP contribution in [0.2, 0.25) is 18.1 Å². The number of hydrogen-bond acceptors (Lipinski definition) is 4. The number of para-hydroxylation sites is 1. The molecular formula is C19H23N3O2Si. The molecule has 0 saturated carbocycles. The number of fused-ring (bicyclic) bond motifs is 1. The van der Waals surface area contributed by atoms with Crippen LogP contribution in [0.3, 0.4) is 0 Å². The third kappa shape index (κ3) is 3.35.